The van der Waals surface area contributed by atoms with Gasteiger partial charge in [0.25, 0.3) is 5.91 Å². The molecule has 11 heteroatoms. The van der Waals surface area contributed by atoms with E-state index in [-0.39, 0.29) is 24.1 Å². The molecule has 0 spiro atoms. The average Bonchev–Trinajstić information content (AvgIpc) is 3.24. The summed E-state index contributed by atoms with van der Waals surface area (Å²) in [6.07, 6.45) is 0. The lowest BCUT2D eigenvalue weighted by Crippen LogP contribution is -2.25. The van der Waals surface area contributed by atoms with Crippen LogP contribution in [0.2, 0.25) is 0 Å². The van der Waals surface area contributed by atoms with E-state index < -0.39 is 0 Å². The van der Waals surface area contributed by atoms with Gasteiger partial charge in [0.15, 0.2) is 12.4 Å². The Kier molecular flexibility index (Phi) is 5.53. The third kappa shape index (κ3) is 3.92. The van der Waals surface area contributed by atoms with Crippen molar-refractivity contribution in [2.75, 3.05) is 31.9 Å². The van der Waals surface area contributed by atoms with E-state index in [1.54, 1.807) is 50.6 Å². The van der Waals surface area contributed by atoms with Crippen LogP contribution in [0.25, 0.3) is 5.69 Å². The normalized spacial score (nSPS) is 12.5. The molecule has 4 rings (SSSR count). The predicted octanol–water partition coefficient (Wildman–Crippen LogP) is 1.99. The minimum atomic E-state index is -0.257. The molecule has 0 atom stereocenters. The number of carbonyl (C=O) groups is 2. The summed E-state index contributed by atoms with van der Waals surface area (Å²) in [6, 6.07) is 10.2. The molecule has 1 amide bonds. The van der Waals surface area contributed by atoms with Crippen molar-refractivity contribution in [3.63, 3.8) is 0 Å². The van der Waals surface area contributed by atoms with E-state index >= 15 is 0 Å². The number of tetrazole rings is 1. The van der Waals surface area contributed by atoms with E-state index in [4.69, 9.17) is 14.2 Å². The van der Waals surface area contributed by atoms with Crippen molar-refractivity contribution >= 4 is 29.1 Å². The van der Waals surface area contributed by atoms with Crippen LogP contribution >= 0.6 is 11.8 Å². The van der Waals surface area contributed by atoms with Gasteiger partial charge in [-0.1, -0.05) is 11.8 Å². The number of anilines is 1. The standard InChI is InChI=1S/C19H17N5O5S/c1-27-12-4-6-17(28-2)14(8-12)24-19(21-22-23-24)30-10-15(25)11-3-5-16-13(7-11)20-18(26)9-29-16/h3-8H,9-10H2,1-2H3,(H,20,26). The molecule has 0 saturated carbocycles. The predicted molar refractivity (Wildman–Crippen MR) is 108 cm³/mol. The fraction of sp³-hybridized carbons (Fsp3) is 0.211. The molecule has 1 aromatic heterocycles. The number of nitrogens with one attached hydrogen (secondary N) is 1. The number of thioether (sulfide) groups is 1. The van der Waals surface area contributed by atoms with Crippen molar-refractivity contribution in [2.24, 2.45) is 0 Å². The van der Waals surface area contributed by atoms with Gasteiger partial charge in [0.2, 0.25) is 5.16 Å². The minimum absolute atomic E-state index is 0.0352. The largest absolute Gasteiger partial charge is 0.497 e. The lowest BCUT2D eigenvalue weighted by atomic mass is 10.1. The number of hydrogen-bond acceptors (Lipinski definition) is 9. The number of methoxy groups -OCH3 is 2. The SMILES string of the molecule is COc1ccc(OC)c(-n2nnnc2SCC(=O)c2ccc3c(c2)NC(=O)CO3)c1. The molecule has 2 aromatic carbocycles. The highest BCUT2D eigenvalue weighted by Gasteiger charge is 2.20. The number of ketones is 1. The summed E-state index contributed by atoms with van der Waals surface area (Å²) in [5.41, 5.74) is 1.52. The van der Waals surface area contributed by atoms with Gasteiger partial charge in [-0.2, -0.15) is 4.68 Å². The van der Waals surface area contributed by atoms with Gasteiger partial charge in [-0.25, -0.2) is 0 Å². The number of Topliss-reactive ketones (excluding diaryl/α,β-unsaturated/α-hetero) is 1. The van der Waals surface area contributed by atoms with Crippen LogP contribution in [0, 0.1) is 0 Å². The van der Waals surface area contributed by atoms with Crippen molar-refractivity contribution < 1.29 is 23.8 Å². The maximum absolute atomic E-state index is 12.7. The first-order chi connectivity index (χ1) is 14.6. The number of ether oxygens (including phenoxy) is 3. The molecule has 30 heavy (non-hydrogen) atoms. The molecular formula is C19H17N5O5S. The van der Waals surface area contributed by atoms with Crippen LogP contribution in [0.3, 0.4) is 0 Å². The van der Waals surface area contributed by atoms with Crippen LogP contribution in [0.15, 0.2) is 41.6 Å². The topological polar surface area (TPSA) is 117 Å². The molecule has 0 fully saturated rings. The number of hydrogen-bond donors (Lipinski definition) is 1. The molecular weight excluding hydrogens is 410 g/mol. The smallest absolute Gasteiger partial charge is 0.262 e. The van der Waals surface area contributed by atoms with Gasteiger partial charge in [0.05, 0.1) is 25.7 Å². The summed E-state index contributed by atoms with van der Waals surface area (Å²) >= 11 is 1.18. The Bertz CT molecular complexity index is 1120. The highest BCUT2D eigenvalue weighted by molar-refractivity contribution is 7.99. The fourth-order valence-corrected chi connectivity index (χ4v) is 3.63. The average molecular weight is 427 g/mol. The third-order valence-electron chi connectivity index (χ3n) is 4.32. The van der Waals surface area contributed by atoms with Crippen LogP contribution in [0.4, 0.5) is 5.69 Å². The molecule has 0 bridgehead atoms. The zero-order chi connectivity index (χ0) is 21.1. The van der Waals surface area contributed by atoms with Crippen molar-refractivity contribution in [1.29, 1.82) is 0 Å². The molecule has 10 nitrogen and oxygen atoms in total. The molecule has 0 saturated heterocycles. The van der Waals surface area contributed by atoms with Gasteiger partial charge in [-0.3, -0.25) is 9.59 Å². The maximum Gasteiger partial charge on any atom is 0.262 e. The maximum atomic E-state index is 12.7. The number of benzene rings is 2. The van der Waals surface area contributed by atoms with E-state index in [9.17, 15) is 9.59 Å². The van der Waals surface area contributed by atoms with Gasteiger partial charge in [0.1, 0.15) is 22.9 Å². The molecule has 1 aliphatic rings. The van der Waals surface area contributed by atoms with Crippen molar-refractivity contribution in [3.05, 3.63) is 42.0 Å². The van der Waals surface area contributed by atoms with E-state index in [0.717, 1.165) is 0 Å². The Balaban J connectivity index is 1.52. The van der Waals surface area contributed by atoms with E-state index in [1.165, 1.54) is 16.4 Å². The van der Waals surface area contributed by atoms with Gasteiger partial charge in [-0.05, 0) is 40.8 Å². The number of rotatable bonds is 7. The molecule has 1 aliphatic heterocycles. The summed E-state index contributed by atoms with van der Waals surface area (Å²) in [5, 5.41) is 14.9. The van der Waals surface area contributed by atoms with Crippen molar-refractivity contribution in [2.45, 2.75) is 5.16 Å². The minimum Gasteiger partial charge on any atom is -0.497 e. The van der Waals surface area contributed by atoms with Gasteiger partial charge >= 0.3 is 0 Å². The Hall–Kier alpha value is -3.60. The highest BCUT2D eigenvalue weighted by Crippen LogP contribution is 2.31. The van der Waals surface area contributed by atoms with Crippen LogP contribution in [-0.2, 0) is 4.79 Å². The summed E-state index contributed by atoms with van der Waals surface area (Å²) in [5.74, 6) is 1.41. The van der Waals surface area contributed by atoms with Gasteiger partial charge in [-0.15, -0.1) is 5.10 Å². The van der Waals surface area contributed by atoms with Crippen molar-refractivity contribution in [3.8, 4) is 22.9 Å². The molecule has 154 valence electrons. The van der Waals surface area contributed by atoms with E-state index in [1.807, 2.05) is 0 Å². The fourth-order valence-electron chi connectivity index (χ4n) is 2.85. The molecule has 0 unspecified atom stereocenters. The highest BCUT2D eigenvalue weighted by atomic mass is 32.2. The summed E-state index contributed by atoms with van der Waals surface area (Å²) in [6.45, 7) is -0.0352. The zero-order valence-corrected chi connectivity index (χ0v) is 16.9. The van der Waals surface area contributed by atoms with E-state index in [2.05, 4.69) is 20.8 Å². The Morgan fingerprint density at radius 1 is 1.23 bits per heavy atom. The number of carbonyl (C=O) groups excluding carboxylic acids is 2. The molecule has 2 heterocycles. The van der Waals surface area contributed by atoms with Crippen LogP contribution < -0.4 is 19.5 Å². The third-order valence-corrected chi connectivity index (χ3v) is 5.24. The number of amides is 1. The van der Waals surface area contributed by atoms with Crippen LogP contribution in [0.5, 0.6) is 17.2 Å². The molecule has 1 N–H and O–H groups in total. The lowest BCUT2D eigenvalue weighted by molar-refractivity contribution is -0.118. The summed E-state index contributed by atoms with van der Waals surface area (Å²) in [7, 11) is 3.11. The summed E-state index contributed by atoms with van der Waals surface area (Å²) in [4.78, 5) is 24.2. The molecule has 3 aromatic rings. The van der Waals surface area contributed by atoms with E-state index in [0.29, 0.717) is 39.3 Å². The second-order valence-electron chi connectivity index (χ2n) is 6.17. The van der Waals surface area contributed by atoms with Gasteiger partial charge < -0.3 is 19.5 Å². The quantitative estimate of drug-likeness (QED) is 0.446. The molecule has 0 aliphatic carbocycles. The first kappa shape index (κ1) is 19.7. The lowest BCUT2D eigenvalue weighted by Gasteiger charge is -2.18. The van der Waals surface area contributed by atoms with Crippen molar-refractivity contribution in [1.82, 2.24) is 20.2 Å². The monoisotopic (exact) mass is 427 g/mol. The first-order valence-corrected chi connectivity index (χ1v) is 9.81. The van der Waals surface area contributed by atoms with Crippen LogP contribution in [0.1, 0.15) is 10.4 Å². The Morgan fingerprint density at radius 2 is 2.10 bits per heavy atom. The van der Waals surface area contributed by atoms with Crippen LogP contribution in [-0.4, -0.2) is 58.5 Å². The Labute approximate surface area is 175 Å². The summed E-state index contributed by atoms with van der Waals surface area (Å²) < 4.78 is 17.4. The second kappa shape index (κ2) is 8.41. The molecule has 0 radical (unpaired) electrons. The zero-order valence-electron chi connectivity index (χ0n) is 16.1. The number of aromatic nitrogens is 4. The first-order valence-electron chi connectivity index (χ1n) is 8.82. The number of nitrogens with zero attached hydrogens (tertiary/aromatic N) is 4. The van der Waals surface area contributed by atoms with Gasteiger partial charge in [0, 0.05) is 11.6 Å². The number of fused-ring (bicyclic) bond motifs is 1. The Morgan fingerprint density at radius 3 is 2.90 bits per heavy atom. The second-order valence-corrected chi connectivity index (χ2v) is 7.11.